The minimum Gasteiger partial charge on any atom is -0.454 e. The van der Waals surface area contributed by atoms with E-state index in [2.05, 4.69) is 10.6 Å². The van der Waals surface area contributed by atoms with Crippen molar-refractivity contribution in [2.45, 2.75) is 30.9 Å². The molecule has 1 heterocycles. The van der Waals surface area contributed by atoms with Crippen LogP contribution in [0.25, 0.3) is 11.1 Å². The minimum atomic E-state index is -4.61. The van der Waals surface area contributed by atoms with Crippen LogP contribution in [-0.4, -0.2) is 50.7 Å². The SMILES string of the molecule is CN(C)CCCNC(=O)c1ccc(-c2cc(NC(=O)C3(c4ccc5c(c4)OCO5)CC3)cc(C(F)(F)F)c2)cc1.[HH].[HH]. The van der Waals surface area contributed by atoms with Crippen LogP contribution in [0.2, 0.25) is 0 Å². The summed E-state index contributed by atoms with van der Waals surface area (Å²) in [4.78, 5) is 27.8. The lowest BCUT2D eigenvalue weighted by Crippen LogP contribution is -2.28. The Kier molecular flexibility index (Phi) is 7.46. The fourth-order valence-corrected chi connectivity index (χ4v) is 4.76. The lowest BCUT2D eigenvalue weighted by molar-refractivity contribution is -0.137. The van der Waals surface area contributed by atoms with Crippen LogP contribution in [-0.2, 0) is 16.4 Å². The zero-order valence-corrected chi connectivity index (χ0v) is 22.2. The molecule has 0 radical (unpaired) electrons. The van der Waals surface area contributed by atoms with Gasteiger partial charge >= 0.3 is 6.18 Å². The van der Waals surface area contributed by atoms with E-state index in [4.69, 9.17) is 9.47 Å². The largest absolute Gasteiger partial charge is 0.454 e. The van der Waals surface area contributed by atoms with Gasteiger partial charge in [0.1, 0.15) is 0 Å². The molecule has 0 spiro atoms. The van der Waals surface area contributed by atoms with E-state index in [-0.39, 0.29) is 32.7 Å². The van der Waals surface area contributed by atoms with Gasteiger partial charge in [0.25, 0.3) is 5.91 Å². The molecule has 40 heavy (non-hydrogen) atoms. The number of ether oxygens (including phenoxy) is 2. The third-order valence-electron chi connectivity index (χ3n) is 7.18. The molecule has 0 atom stereocenters. The van der Waals surface area contributed by atoms with Gasteiger partial charge in [-0.05, 0) is 99.1 Å². The molecule has 3 aromatic carbocycles. The Bertz CT molecular complexity index is 1430. The molecule has 2 aliphatic rings. The van der Waals surface area contributed by atoms with Crippen molar-refractivity contribution in [3.63, 3.8) is 0 Å². The van der Waals surface area contributed by atoms with Gasteiger partial charge in [0.15, 0.2) is 11.5 Å². The number of nitrogens with one attached hydrogen (secondary N) is 2. The van der Waals surface area contributed by atoms with E-state index in [0.717, 1.165) is 30.7 Å². The number of alkyl halides is 3. The molecular weight excluding hydrogens is 523 g/mol. The topological polar surface area (TPSA) is 79.9 Å². The highest BCUT2D eigenvalue weighted by atomic mass is 19.4. The molecule has 2 N–H and O–H groups in total. The molecule has 3 aromatic rings. The highest BCUT2D eigenvalue weighted by Gasteiger charge is 2.51. The lowest BCUT2D eigenvalue weighted by atomic mass is 9.94. The van der Waals surface area contributed by atoms with Crippen molar-refractivity contribution in [1.82, 2.24) is 10.2 Å². The number of rotatable bonds is 9. The molecule has 5 rings (SSSR count). The predicted octanol–water partition coefficient (Wildman–Crippen LogP) is 5.94. The number of hydrogen-bond acceptors (Lipinski definition) is 5. The second kappa shape index (κ2) is 10.8. The van der Waals surface area contributed by atoms with Crippen LogP contribution in [0, 0.1) is 0 Å². The van der Waals surface area contributed by atoms with Gasteiger partial charge in [-0.15, -0.1) is 0 Å². The summed E-state index contributed by atoms with van der Waals surface area (Å²) in [5.74, 6) is 0.511. The number of amides is 2. The molecule has 1 aliphatic heterocycles. The summed E-state index contributed by atoms with van der Waals surface area (Å²) in [5.41, 5.74) is 0.237. The maximum absolute atomic E-state index is 13.8. The van der Waals surface area contributed by atoms with E-state index < -0.39 is 17.2 Å². The van der Waals surface area contributed by atoms with Crippen molar-refractivity contribution < 1.29 is 35.1 Å². The molecule has 0 unspecified atom stereocenters. The summed E-state index contributed by atoms with van der Waals surface area (Å²) in [6.07, 6.45) is -2.67. The van der Waals surface area contributed by atoms with Crippen LogP contribution in [0.1, 0.15) is 43.6 Å². The number of hydrogen-bond donors (Lipinski definition) is 2. The second-order valence-electron chi connectivity index (χ2n) is 10.4. The van der Waals surface area contributed by atoms with E-state index >= 15 is 0 Å². The summed E-state index contributed by atoms with van der Waals surface area (Å²) in [5, 5.41) is 5.56. The van der Waals surface area contributed by atoms with Gasteiger partial charge in [0.2, 0.25) is 12.7 Å². The number of nitrogens with zero attached hydrogens (tertiary/aromatic N) is 1. The number of fused-ring (bicyclic) bond motifs is 1. The maximum atomic E-state index is 13.8. The quantitative estimate of drug-likeness (QED) is 0.318. The Balaban J connectivity index is 0.00000242. The van der Waals surface area contributed by atoms with Crippen molar-refractivity contribution in [3.05, 3.63) is 77.4 Å². The highest BCUT2D eigenvalue weighted by Crippen LogP contribution is 2.51. The van der Waals surface area contributed by atoms with Crippen molar-refractivity contribution >= 4 is 17.5 Å². The fourth-order valence-electron chi connectivity index (χ4n) is 4.76. The molecule has 214 valence electrons. The molecule has 0 saturated heterocycles. The number of halogens is 3. The van der Waals surface area contributed by atoms with Gasteiger partial charge in [-0.1, -0.05) is 18.2 Å². The number of carbonyl (C=O) groups is 2. The fraction of sp³-hybridized carbons (Fsp3) is 0.333. The third kappa shape index (κ3) is 5.91. The Morgan fingerprint density at radius 1 is 0.950 bits per heavy atom. The Morgan fingerprint density at radius 2 is 1.68 bits per heavy atom. The van der Waals surface area contributed by atoms with Crippen molar-refractivity contribution in [2.24, 2.45) is 0 Å². The number of carbonyl (C=O) groups excluding carboxylic acids is 2. The zero-order chi connectivity index (χ0) is 28.5. The molecular formula is C30H34F3N3O4. The van der Waals surface area contributed by atoms with Gasteiger partial charge in [-0.3, -0.25) is 9.59 Å². The number of benzene rings is 3. The Morgan fingerprint density at radius 3 is 2.35 bits per heavy atom. The molecule has 10 heteroatoms. The molecule has 0 bridgehead atoms. The number of anilines is 1. The third-order valence-corrected chi connectivity index (χ3v) is 7.18. The summed E-state index contributed by atoms with van der Waals surface area (Å²) in [6, 6.07) is 15.1. The standard InChI is InChI=1S/C30H30F3N3O4.2H2/c1-36(2)13-3-12-34-27(37)20-6-4-19(5-7-20)21-14-23(30(31,32)33)16-24(15-21)35-28(38)29(10-11-29)22-8-9-25-26(17-22)40-18-39-25;;/h4-9,14-17H,3,10-13,18H2,1-2H3,(H,34,37)(H,35,38);2*1H. The summed E-state index contributed by atoms with van der Waals surface area (Å²) in [7, 11) is 3.91. The van der Waals surface area contributed by atoms with Crippen molar-refractivity contribution in [2.75, 3.05) is 39.3 Å². The summed E-state index contributed by atoms with van der Waals surface area (Å²) in [6.45, 7) is 1.46. The van der Waals surface area contributed by atoms with Crippen LogP contribution in [0.15, 0.2) is 60.7 Å². The first kappa shape index (κ1) is 27.5. The first-order valence-electron chi connectivity index (χ1n) is 13.0. The van der Waals surface area contributed by atoms with Crippen molar-refractivity contribution in [3.8, 4) is 22.6 Å². The predicted molar refractivity (Wildman–Crippen MR) is 149 cm³/mol. The van der Waals surface area contributed by atoms with Crippen LogP contribution in [0.5, 0.6) is 11.5 Å². The molecule has 2 amide bonds. The van der Waals surface area contributed by atoms with Gasteiger partial charge in [0, 0.05) is 20.6 Å². The van der Waals surface area contributed by atoms with Crippen LogP contribution in [0.3, 0.4) is 0 Å². The first-order valence-corrected chi connectivity index (χ1v) is 13.0. The van der Waals surface area contributed by atoms with Crippen LogP contribution in [0.4, 0.5) is 18.9 Å². The van der Waals surface area contributed by atoms with Crippen LogP contribution >= 0.6 is 0 Å². The van der Waals surface area contributed by atoms with E-state index in [1.165, 1.54) is 6.07 Å². The highest BCUT2D eigenvalue weighted by molar-refractivity contribution is 6.02. The monoisotopic (exact) mass is 557 g/mol. The summed E-state index contributed by atoms with van der Waals surface area (Å²) >= 11 is 0. The van der Waals surface area contributed by atoms with Gasteiger partial charge in [-0.25, -0.2) is 0 Å². The van der Waals surface area contributed by atoms with Crippen molar-refractivity contribution in [1.29, 1.82) is 0 Å². The van der Waals surface area contributed by atoms with E-state index in [1.54, 1.807) is 42.5 Å². The van der Waals surface area contributed by atoms with E-state index in [0.29, 0.717) is 42.0 Å². The average Bonchev–Trinajstić information content (AvgIpc) is 3.61. The Labute approximate surface area is 233 Å². The van der Waals surface area contributed by atoms with Gasteiger partial charge in [0.05, 0.1) is 11.0 Å². The zero-order valence-electron chi connectivity index (χ0n) is 22.2. The molecule has 0 aromatic heterocycles. The average molecular weight is 558 g/mol. The first-order chi connectivity index (χ1) is 19.0. The lowest BCUT2D eigenvalue weighted by Gasteiger charge is -2.18. The summed E-state index contributed by atoms with van der Waals surface area (Å²) < 4.78 is 52.2. The molecule has 1 saturated carbocycles. The van der Waals surface area contributed by atoms with E-state index in [1.807, 2.05) is 19.0 Å². The Hall–Kier alpha value is -4.05. The maximum Gasteiger partial charge on any atom is 0.416 e. The van der Waals surface area contributed by atoms with E-state index in [9.17, 15) is 22.8 Å². The molecule has 7 nitrogen and oxygen atoms in total. The normalized spacial score (nSPS) is 15.2. The molecule has 1 fully saturated rings. The van der Waals surface area contributed by atoms with Gasteiger partial charge < -0.3 is 25.0 Å². The molecule has 1 aliphatic carbocycles. The smallest absolute Gasteiger partial charge is 0.416 e. The van der Waals surface area contributed by atoms with Crippen LogP contribution < -0.4 is 20.1 Å². The second-order valence-corrected chi connectivity index (χ2v) is 10.4. The minimum absolute atomic E-state index is 0. The van der Waals surface area contributed by atoms with Gasteiger partial charge in [-0.2, -0.15) is 13.2 Å².